The zero-order valence-electron chi connectivity index (χ0n) is 14.6. The van der Waals surface area contributed by atoms with Gasteiger partial charge in [0.2, 0.25) is 5.91 Å². The van der Waals surface area contributed by atoms with Gasteiger partial charge < -0.3 is 10.6 Å². The Kier molecular flexibility index (Phi) is 7.20. The normalized spacial score (nSPS) is 12.0. The van der Waals surface area contributed by atoms with Crippen LogP contribution in [0, 0.1) is 12.8 Å². The second-order valence-corrected chi connectivity index (χ2v) is 8.80. The van der Waals surface area contributed by atoms with E-state index in [9.17, 15) is 9.59 Å². The Hall–Kier alpha value is -1.66. The predicted octanol–water partition coefficient (Wildman–Crippen LogP) is 3.93. The summed E-state index contributed by atoms with van der Waals surface area (Å²) < 4.78 is 1.08. The summed E-state index contributed by atoms with van der Waals surface area (Å²) in [5, 5.41) is 5.80. The second kappa shape index (κ2) is 9.15. The summed E-state index contributed by atoms with van der Waals surface area (Å²) in [6.45, 7) is 6.30. The van der Waals surface area contributed by atoms with Crippen LogP contribution in [0.3, 0.4) is 0 Å². The van der Waals surface area contributed by atoms with Crippen LogP contribution in [-0.4, -0.2) is 24.4 Å². The van der Waals surface area contributed by atoms with Crippen molar-refractivity contribution in [2.24, 2.45) is 5.92 Å². The second-order valence-electron chi connectivity index (χ2n) is 6.26. The van der Waals surface area contributed by atoms with Gasteiger partial charge in [-0.3, -0.25) is 9.59 Å². The van der Waals surface area contributed by atoms with E-state index in [1.54, 1.807) is 17.4 Å². The van der Waals surface area contributed by atoms with Gasteiger partial charge in [0.1, 0.15) is 6.04 Å². The molecule has 1 aromatic heterocycles. The van der Waals surface area contributed by atoms with Crippen LogP contribution in [0.15, 0.2) is 40.2 Å². The fourth-order valence-corrected chi connectivity index (χ4v) is 3.97. The van der Waals surface area contributed by atoms with Crippen molar-refractivity contribution in [1.82, 2.24) is 10.6 Å². The SMILES string of the molecule is Cc1ccccc1C(=O)NC(C(=O)NCCc1ccc(Br)s1)C(C)C. The highest BCUT2D eigenvalue weighted by molar-refractivity contribution is 9.11. The molecule has 1 aromatic carbocycles. The number of halogens is 1. The molecule has 25 heavy (non-hydrogen) atoms. The number of nitrogens with one attached hydrogen (secondary N) is 2. The lowest BCUT2D eigenvalue weighted by Crippen LogP contribution is -2.50. The van der Waals surface area contributed by atoms with Crippen LogP contribution < -0.4 is 10.6 Å². The third kappa shape index (κ3) is 5.68. The monoisotopic (exact) mass is 422 g/mol. The molecule has 2 aromatic rings. The van der Waals surface area contributed by atoms with Crippen molar-refractivity contribution in [3.05, 3.63) is 56.2 Å². The summed E-state index contributed by atoms with van der Waals surface area (Å²) >= 11 is 5.09. The Morgan fingerprint density at radius 1 is 1.16 bits per heavy atom. The van der Waals surface area contributed by atoms with Gasteiger partial charge in [0.15, 0.2) is 0 Å². The van der Waals surface area contributed by atoms with E-state index in [2.05, 4.69) is 26.6 Å². The lowest BCUT2D eigenvalue weighted by atomic mass is 10.0. The smallest absolute Gasteiger partial charge is 0.252 e. The molecule has 1 unspecified atom stereocenters. The molecular formula is C19H23BrN2O2S. The first-order valence-corrected chi connectivity index (χ1v) is 9.88. The van der Waals surface area contributed by atoms with Gasteiger partial charge >= 0.3 is 0 Å². The van der Waals surface area contributed by atoms with Gasteiger partial charge in [0.05, 0.1) is 3.79 Å². The fraction of sp³-hybridized carbons (Fsp3) is 0.368. The number of thiophene rings is 1. The Morgan fingerprint density at radius 2 is 1.88 bits per heavy atom. The Balaban J connectivity index is 1.93. The van der Waals surface area contributed by atoms with Gasteiger partial charge in [-0.1, -0.05) is 32.0 Å². The van der Waals surface area contributed by atoms with E-state index in [4.69, 9.17) is 0 Å². The lowest BCUT2D eigenvalue weighted by Gasteiger charge is -2.22. The molecule has 2 amide bonds. The Bertz CT molecular complexity index is 743. The molecule has 0 fully saturated rings. The average molecular weight is 423 g/mol. The Morgan fingerprint density at radius 3 is 2.48 bits per heavy atom. The van der Waals surface area contributed by atoms with Crippen molar-refractivity contribution < 1.29 is 9.59 Å². The van der Waals surface area contributed by atoms with Crippen LogP contribution >= 0.6 is 27.3 Å². The molecule has 0 radical (unpaired) electrons. The predicted molar refractivity (Wildman–Crippen MR) is 106 cm³/mol. The van der Waals surface area contributed by atoms with Crippen molar-refractivity contribution in [3.8, 4) is 0 Å². The summed E-state index contributed by atoms with van der Waals surface area (Å²) in [5.41, 5.74) is 1.50. The molecule has 0 aliphatic rings. The molecule has 0 bridgehead atoms. The number of hydrogen-bond donors (Lipinski definition) is 2. The highest BCUT2D eigenvalue weighted by Gasteiger charge is 2.24. The maximum atomic E-state index is 12.5. The third-order valence-electron chi connectivity index (χ3n) is 3.92. The first-order valence-electron chi connectivity index (χ1n) is 8.27. The van der Waals surface area contributed by atoms with Gasteiger partial charge in [0, 0.05) is 17.0 Å². The zero-order valence-corrected chi connectivity index (χ0v) is 17.0. The van der Waals surface area contributed by atoms with Crippen molar-refractivity contribution in [3.63, 3.8) is 0 Å². The van der Waals surface area contributed by atoms with Gasteiger partial charge in [-0.25, -0.2) is 0 Å². The zero-order chi connectivity index (χ0) is 18.4. The molecule has 1 heterocycles. The fourth-order valence-electron chi connectivity index (χ4n) is 2.49. The standard InChI is InChI=1S/C19H23BrN2O2S/c1-12(2)17(22-18(23)15-7-5-4-6-13(15)3)19(24)21-11-10-14-8-9-16(20)25-14/h4-9,12,17H,10-11H2,1-3H3,(H,21,24)(H,22,23). The molecule has 0 saturated heterocycles. The van der Waals surface area contributed by atoms with E-state index in [1.807, 2.05) is 51.1 Å². The summed E-state index contributed by atoms with van der Waals surface area (Å²) in [6, 6.07) is 10.9. The number of carbonyl (C=O) groups is 2. The number of amides is 2. The molecule has 2 N–H and O–H groups in total. The first-order chi connectivity index (χ1) is 11.9. The highest BCUT2D eigenvalue weighted by atomic mass is 79.9. The maximum Gasteiger partial charge on any atom is 0.252 e. The number of hydrogen-bond acceptors (Lipinski definition) is 3. The van der Waals surface area contributed by atoms with Crippen LogP contribution in [0.1, 0.15) is 34.6 Å². The topological polar surface area (TPSA) is 58.2 Å². The molecule has 1 atom stereocenters. The van der Waals surface area contributed by atoms with Crippen LogP contribution in [0.4, 0.5) is 0 Å². The summed E-state index contributed by atoms with van der Waals surface area (Å²) in [4.78, 5) is 26.2. The van der Waals surface area contributed by atoms with Crippen LogP contribution in [0.25, 0.3) is 0 Å². The first kappa shape index (κ1) is 19.7. The van der Waals surface area contributed by atoms with Crippen LogP contribution in [0.2, 0.25) is 0 Å². The van der Waals surface area contributed by atoms with E-state index >= 15 is 0 Å². The van der Waals surface area contributed by atoms with Gasteiger partial charge in [-0.05, 0) is 59.0 Å². The van der Waals surface area contributed by atoms with Crippen LogP contribution in [0.5, 0.6) is 0 Å². The number of benzene rings is 1. The minimum Gasteiger partial charge on any atom is -0.354 e. The van der Waals surface area contributed by atoms with Gasteiger partial charge in [-0.15, -0.1) is 11.3 Å². The molecule has 0 aliphatic carbocycles. The summed E-state index contributed by atoms with van der Waals surface area (Å²) in [7, 11) is 0. The number of rotatable bonds is 7. The molecule has 0 spiro atoms. The lowest BCUT2D eigenvalue weighted by molar-refractivity contribution is -0.123. The van der Waals surface area contributed by atoms with Gasteiger partial charge in [-0.2, -0.15) is 0 Å². The number of aryl methyl sites for hydroxylation is 1. The van der Waals surface area contributed by atoms with E-state index < -0.39 is 6.04 Å². The van der Waals surface area contributed by atoms with E-state index in [0.717, 1.165) is 15.8 Å². The number of carbonyl (C=O) groups excluding carboxylic acids is 2. The minimum atomic E-state index is -0.554. The van der Waals surface area contributed by atoms with E-state index in [-0.39, 0.29) is 17.7 Å². The molecule has 0 saturated carbocycles. The summed E-state index contributed by atoms with van der Waals surface area (Å²) in [6.07, 6.45) is 0.776. The van der Waals surface area contributed by atoms with E-state index in [0.29, 0.717) is 12.1 Å². The molecule has 134 valence electrons. The van der Waals surface area contributed by atoms with E-state index in [1.165, 1.54) is 4.88 Å². The van der Waals surface area contributed by atoms with Crippen molar-refractivity contribution in [2.45, 2.75) is 33.2 Å². The average Bonchev–Trinajstić information content (AvgIpc) is 2.97. The summed E-state index contributed by atoms with van der Waals surface area (Å²) in [5.74, 6) is -0.356. The largest absolute Gasteiger partial charge is 0.354 e. The van der Waals surface area contributed by atoms with Crippen LogP contribution in [-0.2, 0) is 11.2 Å². The third-order valence-corrected chi connectivity index (χ3v) is 5.61. The molecule has 2 rings (SSSR count). The van der Waals surface area contributed by atoms with Crippen molar-refractivity contribution in [2.75, 3.05) is 6.54 Å². The quantitative estimate of drug-likeness (QED) is 0.709. The highest BCUT2D eigenvalue weighted by Crippen LogP contribution is 2.22. The molecular weight excluding hydrogens is 400 g/mol. The van der Waals surface area contributed by atoms with Crippen molar-refractivity contribution in [1.29, 1.82) is 0 Å². The minimum absolute atomic E-state index is 0.00357. The molecule has 0 aliphatic heterocycles. The molecule has 4 nitrogen and oxygen atoms in total. The molecule has 6 heteroatoms. The Labute approximate surface area is 161 Å². The van der Waals surface area contributed by atoms with Crippen molar-refractivity contribution >= 4 is 39.1 Å². The van der Waals surface area contributed by atoms with Gasteiger partial charge in [0.25, 0.3) is 5.91 Å². The maximum absolute atomic E-state index is 12.5.